The number of nitrogens with zero attached hydrogens (tertiary/aromatic N) is 1. The minimum Gasteiger partial charge on any atom is -0.391 e. The summed E-state index contributed by atoms with van der Waals surface area (Å²) >= 11 is 6.24. The molecule has 1 saturated heterocycles. The molecule has 0 spiro atoms. The van der Waals surface area contributed by atoms with Crippen molar-refractivity contribution < 1.29 is 14.3 Å². The second-order valence-electron chi connectivity index (χ2n) is 10.3. The molecule has 1 aliphatic heterocycles. The molecule has 6 nitrogen and oxygen atoms in total. The largest absolute Gasteiger partial charge is 0.391 e. The van der Waals surface area contributed by atoms with E-state index in [0.717, 1.165) is 47.8 Å². The van der Waals surface area contributed by atoms with Crippen molar-refractivity contribution in [2.24, 2.45) is 0 Å². The van der Waals surface area contributed by atoms with Gasteiger partial charge in [0, 0.05) is 53.9 Å². The summed E-state index contributed by atoms with van der Waals surface area (Å²) < 4.78 is 13.4. The molecule has 2 heterocycles. The summed E-state index contributed by atoms with van der Waals surface area (Å²) in [6.45, 7) is 1.63. The van der Waals surface area contributed by atoms with Gasteiger partial charge >= 0.3 is 0 Å². The molecule has 0 radical (unpaired) electrons. The quantitative estimate of drug-likeness (QED) is 0.180. The summed E-state index contributed by atoms with van der Waals surface area (Å²) in [5, 5.41) is 21.5. The van der Waals surface area contributed by atoms with Crippen molar-refractivity contribution in [3.8, 4) is 0 Å². The van der Waals surface area contributed by atoms with Gasteiger partial charge in [-0.1, -0.05) is 24.3 Å². The summed E-state index contributed by atoms with van der Waals surface area (Å²) in [5.41, 5.74) is 4.15. The van der Waals surface area contributed by atoms with Crippen molar-refractivity contribution in [3.63, 3.8) is 0 Å². The van der Waals surface area contributed by atoms with E-state index in [1.807, 2.05) is 42.7 Å². The first-order valence-electron chi connectivity index (χ1n) is 13.8. The molecule has 1 amide bonds. The third-order valence-electron chi connectivity index (χ3n) is 7.26. The summed E-state index contributed by atoms with van der Waals surface area (Å²) in [7, 11) is 0. The number of thioether (sulfide) groups is 1. The summed E-state index contributed by atoms with van der Waals surface area (Å²) in [6.07, 6.45) is 6.26. The Labute approximate surface area is 246 Å². The SMILES string of the molecule is CSCC[C@H](NC(=O)c1cc(NC[C@@H]2C[C@H](S)CN2)ccc1CCc1ccc(F)cc1)C(O)Cc1ccccn1. The van der Waals surface area contributed by atoms with E-state index < -0.39 is 12.1 Å². The van der Waals surface area contributed by atoms with E-state index in [0.29, 0.717) is 42.5 Å². The van der Waals surface area contributed by atoms with Crippen LogP contribution < -0.4 is 16.0 Å². The summed E-state index contributed by atoms with van der Waals surface area (Å²) in [5.74, 6) is 0.336. The highest BCUT2D eigenvalue weighted by Gasteiger charge is 2.24. The number of carbonyl (C=O) groups is 1. The van der Waals surface area contributed by atoms with E-state index in [2.05, 4.69) is 33.6 Å². The van der Waals surface area contributed by atoms with Crippen LogP contribution in [0.2, 0.25) is 0 Å². The molecule has 3 aromatic rings. The number of thiol groups is 1. The Kier molecular flexibility index (Phi) is 11.7. The Morgan fingerprint density at radius 3 is 2.73 bits per heavy atom. The molecule has 2 aromatic carbocycles. The zero-order valence-electron chi connectivity index (χ0n) is 22.9. The zero-order valence-corrected chi connectivity index (χ0v) is 24.6. The number of benzene rings is 2. The highest BCUT2D eigenvalue weighted by molar-refractivity contribution is 7.98. The van der Waals surface area contributed by atoms with Crippen LogP contribution in [0.15, 0.2) is 66.9 Å². The number of carbonyl (C=O) groups excluding carboxylic acids is 1. The normalized spacial score (nSPS) is 18.3. The van der Waals surface area contributed by atoms with Gasteiger partial charge in [-0.25, -0.2) is 4.39 Å². The monoisotopic (exact) mass is 582 g/mol. The van der Waals surface area contributed by atoms with Crippen molar-refractivity contribution >= 4 is 36.0 Å². The molecule has 0 bridgehead atoms. The van der Waals surface area contributed by atoms with Gasteiger partial charge in [0.2, 0.25) is 0 Å². The van der Waals surface area contributed by atoms with E-state index in [1.54, 1.807) is 30.1 Å². The Hall–Kier alpha value is -2.59. The average molecular weight is 583 g/mol. The van der Waals surface area contributed by atoms with Crippen molar-refractivity contribution in [2.45, 2.75) is 55.5 Å². The Balaban J connectivity index is 1.51. The number of nitrogens with one attached hydrogen (secondary N) is 3. The number of halogens is 1. The zero-order chi connectivity index (χ0) is 28.3. The van der Waals surface area contributed by atoms with Crippen molar-refractivity contribution in [2.75, 3.05) is 30.4 Å². The lowest BCUT2D eigenvalue weighted by Crippen LogP contribution is -2.45. The van der Waals surface area contributed by atoms with Crippen LogP contribution in [0.4, 0.5) is 10.1 Å². The Bertz CT molecular complexity index is 1220. The second kappa shape index (κ2) is 15.4. The van der Waals surface area contributed by atoms with Crippen LogP contribution in [0, 0.1) is 5.82 Å². The van der Waals surface area contributed by atoms with Gasteiger partial charge in [0.05, 0.1) is 12.1 Å². The minimum absolute atomic E-state index is 0.210. The smallest absolute Gasteiger partial charge is 0.251 e. The molecule has 9 heteroatoms. The van der Waals surface area contributed by atoms with Gasteiger partial charge < -0.3 is 21.1 Å². The highest BCUT2D eigenvalue weighted by atomic mass is 32.2. The predicted molar refractivity (Wildman–Crippen MR) is 166 cm³/mol. The van der Waals surface area contributed by atoms with Gasteiger partial charge in [-0.2, -0.15) is 24.4 Å². The molecule has 4 N–H and O–H groups in total. The van der Waals surface area contributed by atoms with Crippen LogP contribution >= 0.6 is 24.4 Å². The number of aromatic nitrogens is 1. The fourth-order valence-electron chi connectivity index (χ4n) is 4.97. The first kappa shape index (κ1) is 30.4. The van der Waals surface area contributed by atoms with Crippen LogP contribution in [-0.4, -0.2) is 64.5 Å². The lowest BCUT2D eigenvalue weighted by molar-refractivity contribution is 0.0826. The molecule has 214 valence electrons. The lowest BCUT2D eigenvalue weighted by Gasteiger charge is -2.25. The van der Waals surface area contributed by atoms with Gasteiger partial charge in [-0.3, -0.25) is 9.78 Å². The topological polar surface area (TPSA) is 86.3 Å². The molecular formula is C31H39FN4O2S2. The van der Waals surface area contributed by atoms with E-state index in [1.165, 1.54) is 12.1 Å². The molecule has 1 unspecified atom stereocenters. The van der Waals surface area contributed by atoms with Crippen molar-refractivity contribution in [1.29, 1.82) is 0 Å². The van der Waals surface area contributed by atoms with Crippen LogP contribution in [0.25, 0.3) is 0 Å². The van der Waals surface area contributed by atoms with Gasteiger partial charge in [0.15, 0.2) is 0 Å². The number of hydrogen-bond acceptors (Lipinski definition) is 7. The van der Waals surface area contributed by atoms with Gasteiger partial charge in [0.1, 0.15) is 5.82 Å². The molecule has 1 aliphatic rings. The van der Waals surface area contributed by atoms with Crippen LogP contribution in [-0.2, 0) is 19.3 Å². The number of anilines is 1. The number of aliphatic hydroxyl groups is 1. The molecule has 4 rings (SSSR count). The number of hydrogen-bond donors (Lipinski definition) is 5. The first-order chi connectivity index (χ1) is 19.4. The number of aliphatic hydroxyl groups excluding tert-OH is 1. The molecule has 1 fully saturated rings. The van der Waals surface area contributed by atoms with Crippen LogP contribution in [0.5, 0.6) is 0 Å². The molecule has 0 saturated carbocycles. The van der Waals surface area contributed by atoms with Gasteiger partial charge in [-0.05, 0) is 85.2 Å². The van der Waals surface area contributed by atoms with E-state index in [9.17, 15) is 14.3 Å². The van der Waals surface area contributed by atoms with Crippen LogP contribution in [0.1, 0.15) is 40.0 Å². The molecule has 1 aromatic heterocycles. The summed E-state index contributed by atoms with van der Waals surface area (Å²) in [6, 6.07) is 17.9. The minimum atomic E-state index is -0.766. The van der Waals surface area contributed by atoms with Gasteiger partial charge in [-0.15, -0.1) is 0 Å². The fraction of sp³-hybridized carbons (Fsp3) is 0.419. The Morgan fingerprint density at radius 2 is 2.02 bits per heavy atom. The lowest BCUT2D eigenvalue weighted by atomic mass is 9.97. The maximum absolute atomic E-state index is 13.8. The molecular weight excluding hydrogens is 543 g/mol. The number of amides is 1. The average Bonchev–Trinajstić information content (AvgIpc) is 3.39. The standard InChI is InChI=1S/C31H39FN4O2S2/c1-40-15-13-29(30(37)18-24-4-2-3-14-33-24)36-31(38)28-17-25(34-19-26-16-27(39)20-35-26)12-9-22(28)8-5-21-6-10-23(32)11-7-21/h2-4,6-7,9-12,14,17,26-27,29-30,34-35,37,39H,5,8,13,15-16,18-20H2,1H3,(H,36,38)/t26-,27-,29-,30?/m0/s1. The third kappa shape index (κ3) is 9.23. The van der Waals surface area contributed by atoms with E-state index >= 15 is 0 Å². The molecule has 0 aliphatic carbocycles. The Morgan fingerprint density at radius 1 is 1.20 bits per heavy atom. The first-order valence-corrected chi connectivity index (χ1v) is 15.7. The third-order valence-corrected chi connectivity index (χ3v) is 8.30. The number of aryl methyl sites for hydroxylation is 2. The molecule has 40 heavy (non-hydrogen) atoms. The number of pyridine rings is 1. The van der Waals surface area contributed by atoms with Crippen molar-refractivity contribution in [3.05, 3.63) is 95.1 Å². The van der Waals surface area contributed by atoms with Gasteiger partial charge in [0.25, 0.3) is 5.91 Å². The maximum atomic E-state index is 13.8. The predicted octanol–water partition coefficient (Wildman–Crippen LogP) is 4.53. The highest BCUT2D eigenvalue weighted by Crippen LogP contribution is 2.21. The van der Waals surface area contributed by atoms with Crippen LogP contribution in [0.3, 0.4) is 0 Å². The van der Waals surface area contributed by atoms with E-state index in [4.69, 9.17) is 0 Å². The summed E-state index contributed by atoms with van der Waals surface area (Å²) in [4.78, 5) is 18.1. The van der Waals surface area contributed by atoms with Crippen molar-refractivity contribution in [1.82, 2.24) is 15.6 Å². The molecule has 4 atom stereocenters. The second-order valence-corrected chi connectivity index (χ2v) is 12.0. The van der Waals surface area contributed by atoms with E-state index in [-0.39, 0.29) is 11.7 Å². The number of rotatable bonds is 14. The fourth-order valence-corrected chi connectivity index (χ4v) is 5.82. The maximum Gasteiger partial charge on any atom is 0.251 e.